The standard InChI is InChI=1S/C26H20N2O3S/c1-30-21-14-18-20(15-22(21)31-2)28-26(29)25(23-10-6-12-32-23)24(18)17-8-5-7-16(13-17)19-9-3-4-11-27-19/h3-15H,1-2H3,(H,28,29). The molecule has 0 unspecified atom stereocenters. The van der Waals surface area contributed by atoms with E-state index in [0.29, 0.717) is 22.6 Å². The summed E-state index contributed by atoms with van der Waals surface area (Å²) in [6.45, 7) is 0. The first-order valence-electron chi connectivity index (χ1n) is 10.1. The molecule has 0 saturated heterocycles. The van der Waals surface area contributed by atoms with E-state index >= 15 is 0 Å². The molecule has 3 heterocycles. The van der Waals surface area contributed by atoms with Crippen molar-refractivity contribution in [3.63, 3.8) is 0 Å². The maximum Gasteiger partial charge on any atom is 0.257 e. The van der Waals surface area contributed by atoms with Crippen LogP contribution in [0.2, 0.25) is 0 Å². The predicted octanol–water partition coefficient (Wildman–Crippen LogP) is 6.00. The van der Waals surface area contributed by atoms with Crippen LogP contribution in [0.25, 0.3) is 43.7 Å². The van der Waals surface area contributed by atoms with E-state index in [4.69, 9.17) is 9.47 Å². The van der Waals surface area contributed by atoms with Gasteiger partial charge < -0.3 is 14.5 Å². The van der Waals surface area contributed by atoms with Crippen molar-refractivity contribution in [3.05, 3.63) is 88.7 Å². The Morgan fingerprint density at radius 3 is 2.38 bits per heavy atom. The van der Waals surface area contributed by atoms with Gasteiger partial charge in [0.1, 0.15) is 0 Å². The summed E-state index contributed by atoms with van der Waals surface area (Å²) in [4.78, 5) is 21.7. The number of nitrogens with zero attached hydrogens (tertiary/aromatic N) is 1. The minimum absolute atomic E-state index is 0.148. The number of H-pyrrole nitrogens is 1. The molecule has 0 spiro atoms. The van der Waals surface area contributed by atoms with Gasteiger partial charge in [-0.15, -0.1) is 11.3 Å². The summed E-state index contributed by atoms with van der Waals surface area (Å²) >= 11 is 1.54. The first-order chi connectivity index (χ1) is 15.7. The smallest absolute Gasteiger partial charge is 0.257 e. The number of aromatic amines is 1. The van der Waals surface area contributed by atoms with Gasteiger partial charge in [-0.3, -0.25) is 9.78 Å². The number of benzene rings is 2. The summed E-state index contributed by atoms with van der Waals surface area (Å²) in [6.07, 6.45) is 1.78. The van der Waals surface area contributed by atoms with Gasteiger partial charge in [0, 0.05) is 33.7 Å². The van der Waals surface area contributed by atoms with Crippen LogP contribution in [0.5, 0.6) is 11.5 Å². The third-order valence-corrected chi connectivity index (χ3v) is 6.29. The topological polar surface area (TPSA) is 64.2 Å². The van der Waals surface area contributed by atoms with E-state index in [9.17, 15) is 4.79 Å². The van der Waals surface area contributed by atoms with E-state index in [2.05, 4.69) is 16.0 Å². The Morgan fingerprint density at radius 2 is 1.66 bits per heavy atom. The Kier molecular flexibility index (Phi) is 5.21. The van der Waals surface area contributed by atoms with Crippen molar-refractivity contribution in [1.29, 1.82) is 0 Å². The summed E-state index contributed by atoms with van der Waals surface area (Å²) < 4.78 is 11.0. The molecule has 0 aliphatic carbocycles. The number of methoxy groups -OCH3 is 2. The number of thiophene rings is 1. The number of hydrogen-bond acceptors (Lipinski definition) is 5. The van der Waals surface area contributed by atoms with Gasteiger partial charge in [0.2, 0.25) is 0 Å². The van der Waals surface area contributed by atoms with Crippen molar-refractivity contribution in [2.45, 2.75) is 0 Å². The Bertz CT molecular complexity index is 1460. The summed E-state index contributed by atoms with van der Waals surface area (Å²) in [5.74, 6) is 1.17. The molecule has 0 fully saturated rings. The number of aromatic nitrogens is 2. The van der Waals surface area contributed by atoms with Crippen LogP contribution in [0.4, 0.5) is 0 Å². The number of ether oxygens (including phenoxy) is 2. The monoisotopic (exact) mass is 440 g/mol. The van der Waals surface area contributed by atoms with Crippen molar-refractivity contribution < 1.29 is 9.47 Å². The molecule has 2 aromatic carbocycles. The summed E-state index contributed by atoms with van der Waals surface area (Å²) in [5, 5.41) is 2.85. The summed E-state index contributed by atoms with van der Waals surface area (Å²) in [5.41, 5.74) is 4.81. The first kappa shape index (κ1) is 20.0. The molecule has 6 heteroatoms. The first-order valence-corrected chi connectivity index (χ1v) is 11.0. The number of hydrogen-bond donors (Lipinski definition) is 1. The normalized spacial score (nSPS) is 10.9. The van der Waals surface area contributed by atoms with Crippen molar-refractivity contribution in [2.75, 3.05) is 14.2 Å². The molecule has 5 rings (SSSR count). The Balaban J connectivity index is 1.86. The lowest BCUT2D eigenvalue weighted by Crippen LogP contribution is -2.11. The van der Waals surface area contributed by atoms with E-state index in [-0.39, 0.29) is 5.56 Å². The lowest BCUT2D eigenvalue weighted by atomic mass is 9.93. The average molecular weight is 441 g/mol. The Morgan fingerprint density at radius 1 is 0.844 bits per heavy atom. The largest absolute Gasteiger partial charge is 0.493 e. The molecule has 5 aromatic rings. The van der Waals surface area contributed by atoms with Crippen LogP contribution in [-0.4, -0.2) is 24.2 Å². The molecule has 0 aliphatic heterocycles. The highest BCUT2D eigenvalue weighted by molar-refractivity contribution is 7.13. The highest BCUT2D eigenvalue weighted by Crippen LogP contribution is 2.41. The van der Waals surface area contributed by atoms with Crippen LogP contribution in [0.3, 0.4) is 0 Å². The fraction of sp³-hybridized carbons (Fsp3) is 0.0769. The SMILES string of the molecule is COc1cc2[nH]c(=O)c(-c3cccs3)c(-c3cccc(-c4ccccn4)c3)c2cc1OC. The second-order valence-electron chi connectivity index (χ2n) is 7.23. The van der Waals surface area contributed by atoms with Crippen molar-refractivity contribution in [1.82, 2.24) is 9.97 Å². The van der Waals surface area contributed by atoms with Crippen molar-refractivity contribution >= 4 is 22.2 Å². The van der Waals surface area contributed by atoms with Gasteiger partial charge in [-0.05, 0) is 41.3 Å². The van der Waals surface area contributed by atoms with Crippen LogP contribution < -0.4 is 15.0 Å². The van der Waals surface area contributed by atoms with E-state index in [1.807, 2.05) is 60.0 Å². The van der Waals surface area contributed by atoms with Gasteiger partial charge in [-0.25, -0.2) is 0 Å². The third kappa shape index (κ3) is 3.44. The molecule has 3 aromatic heterocycles. The highest BCUT2D eigenvalue weighted by atomic mass is 32.1. The minimum Gasteiger partial charge on any atom is -0.493 e. The van der Waals surface area contributed by atoms with E-state index < -0.39 is 0 Å². The van der Waals surface area contributed by atoms with Crippen LogP contribution in [0, 0.1) is 0 Å². The zero-order valence-corrected chi connectivity index (χ0v) is 18.4. The van der Waals surface area contributed by atoms with Crippen molar-refractivity contribution in [3.8, 4) is 44.3 Å². The van der Waals surface area contributed by atoms with Crippen molar-refractivity contribution in [2.24, 2.45) is 0 Å². The Labute approximate surface area is 188 Å². The predicted molar refractivity (Wildman–Crippen MR) is 130 cm³/mol. The van der Waals surface area contributed by atoms with Gasteiger partial charge in [0.25, 0.3) is 5.56 Å². The van der Waals surface area contributed by atoms with Gasteiger partial charge >= 0.3 is 0 Å². The molecule has 158 valence electrons. The van der Waals surface area contributed by atoms with Crippen LogP contribution in [0.15, 0.2) is 83.1 Å². The third-order valence-electron chi connectivity index (χ3n) is 5.40. The fourth-order valence-corrected chi connectivity index (χ4v) is 4.72. The van der Waals surface area contributed by atoms with Crippen LogP contribution in [0.1, 0.15) is 0 Å². The minimum atomic E-state index is -0.148. The lowest BCUT2D eigenvalue weighted by molar-refractivity contribution is 0.356. The molecular weight excluding hydrogens is 420 g/mol. The average Bonchev–Trinajstić information content (AvgIpc) is 3.37. The van der Waals surface area contributed by atoms with Crippen LogP contribution >= 0.6 is 11.3 Å². The zero-order chi connectivity index (χ0) is 22.1. The van der Waals surface area contributed by atoms with Gasteiger partial charge in [0.15, 0.2) is 11.5 Å². The molecule has 32 heavy (non-hydrogen) atoms. The second-order valence-corrected chi connectivity index (χ2v) is 8.18. The van der Waals surface area contributed by atoms with Crippen LogP contribution in [-0.2, 0) is 0 Å². The van der Waals surface area contributed by atoms with E-state index in [0.717, 1.165) is 32.6 Å². The zero-order valence-electron chi connectivity index (χ0n) is 17.6. The molecule has 0 atom stereocenters. The van der Waals surface area contributed by atoms with Gasteiger partial charge in [-0.1, -0.05) is 30.3 Å². The second kappa shape index (κ2) is 8.32. The maximum absolute atomic E-state index is 13.3. The molecule has 1 N–H and O–H groups in total. The molecule has 0 amide bonds. The quantitative estimate of drug-likeness (QED) is 0.364. The highest BCUT2D eigenvalue weighted by Gasteiger charge is 2.20. The van der Waals surface area contributed by atoms with E-state index in [1.54, 1.807) is 26.5 Å². The molecule has 0 saturated carbocycles. The number of rotatable bonds is 5. The molecular formula is C26H20N2O3S. The summed E-state index contributed by atoms with van der Waals surface area (Å²) in [7, 11) is 3.19. The van der Waals surface area contributed by atoms with Gasteiger partial charge in [-0.2, -0.15) is 0 Å². The Hall–Kier alpha value is -3.90. The maximum atomic E-state index is 13.3. The van der Waals surface area contributed by atoms with E-state index in [1.165, 1.54) is 11.3 Å². The molecule has 5 nitrogen and oxygen atoms in total. The number of pyridine rings is 2. The molecule has 0 bridgehead atoms. The van der Waals surface area contributed by atoms with Gasteiger partial charge in [0.05, 0.1) is 31.0 Å². The number of fused-ring (bicyclic) bond motifs is 1. The fourth-order valence-electron chi connectivity index (χ4n) is 3.95. The molecule has 0 radical (unpaired) electrons. The summed E-state index contributed by atoms with van der Waals surface area (Å²) in [6, 6.07) is 21.6. The number of nitrogens with one attached hydrogen (secondary N) is 1. The lowest BCUT2D eigenvalue weighted by Gasteiger charge is -2.16. The molecule has 0 aliphatic rings.